The van der Waals surface area contributed by atoms with Crippen LogP contribution in [0.3, 0.4) is 0 Å². The summed E-state index contributed by atoms with van der Waals surface area (Å²) < 4.78 is 14.5. The molecule has 1 N–H and O–H groups in total. The van der Waals surface area contributed by atoms with E-state index in [4.69, 9.17) is 11.6 Å². The normalized spacial score (nSPS) is 25.5. The van der Waals surface area contributed by atoms with Crippen molar-refractivity contribution >= 4 is 11.6 Å². The molecule has 2 aliphatic rings. The molecule has 0 radical (unpaired) electrons. The third-order valence-electron chi connectivity index (χ3n) is 4.92. The Morgan fingerprint density at radius 3 is 2.77 bits per heavy atom. The van der Waals surface area contributed by atoms with Gasteiger partial charge in [0.05, 0.1) is 6.04 Å². The summed E-state index contributed by atoms with van der Waals surface area (Å²) in [4.78, 5) is 4.86. The molecular formula is C17H25ClFN3. The molecule has 1 aromatic carbocycles. The first-order valence-corrected chi connectivity index (χ1v) is 8.67. The van der Waals surface area contributed by atoms with Crippen molar-refractivity contribution in [2.75, 3.05) is 39.3 Å². The molecular weight excluding hydrogens is 301 g/mol. The summed E-state index contributed by atoms with van der Waals surface area (Å²) >= 11 is 6.38. The molecule has 2 fully saturated rings. The maximum absolute atomic E-state index is 14.5. The molecule has 5 heteroatoms. The van der Waals surface area contributed by atoms with E-state index < -0.39 is 0 Å². The van der Waals surface area contributed by atoms with E-state index in [1.165, 1.54) is 18.9 Å². The molecule has 0 aromatic heterocycles. The third-order valence-corrected chi connectivity index (χ3v) is 5.25. The molecule has 0 saturated carbocycles. The molecule has 3 nitrogen and oxygen atoms in total. The topological polar surface area (TPSA) is 18.5 Å². The Balaban J connectivity index is 1.90. The predicted molar refractivity (Wildman–Crippen MR) is 88.9 cm³/mol. The van der Waals surface area contributed by atoms with E-state index in [0.29, 0.717) is 16.6 Å². The Hall–Kier alpha value is -0.680. The summed E-state index contributed by atoms with van der Waals surface area (Å²) in [5, 5.41) is 3.96. The molecule has 2 saturated heterocycles. The number of nitrogens with one attached hydrogen (secondary N) is 1. The van der Waals surface area contributed by atoms with Crippen LogP contribution in [-0.2, 0) is 0 Å². The molecule has 0 bridgehead atoms. The lowest BCUT2D eigenvalue weighted by Gasteiger charge is -2.42. The van der Waals surface area contributed by atoms with Crippen molar-refractivity contribution in [3.63, 3.8) is 0 Å². The zero-order chi connectivity index (χ0) is 15.5. The van der Waals surface area contributed by atoms with E-state index in [2.05, 4.69) is 22.0 Å². The minimum Gasteiger partial charge on any atom is -0.314 e. The van der Waals surface area contributed by atoms with Crippen LogP contribution in [0.4, 0.5) is 4.39 Å². The molecule has 1 aromatic rings. The van der Waals surface area contributed by atoms with E-state index in [1.807, 2.05) is 6.07 Å². The van der Waals surface area contributed by atoms with Gasteiger partial charge in [-0.05, 0) is 45.0 Å². The fourth-order valence-electron chi connectivity index (χ4n) is 3.72. The largest absolute Gasteiger partial charge is 0.314 e. The van der Waals surface area contributed by atoms with Crippen LogP contribution in [0.2, 0.25) is 5.02 Å². The van der Waals surface area contributed by atoms with E-state index in [9.17, 15) is 4.39 Å². The highest BCUT2D eigenvalue weighted by atomic mass is 35.5. The van der Waals surface area contributed by atoms with E-state index in [-0.39, 0.29) is 11.9 Å². The van der Waals surface area contributed by atoms with E-state index in [0.717, 1.165) is 39.3 Å². The molecule has 22 heavy (non-hydrogen) atoms. The number of hydrogen-bond acceptors (Lipinski definition) is 3. The Kier molecular flexibility index (Phi) is 5.34. The summed E-state index contributed by atoms with van der Waals surface area (Å²) in [6, 6.07) is 5.45. The molecule has 0 spiro atoms. The van der Waals surface area contributed by atoms with Gasteiger partial charge in [0.25, 0.3) is 0 Å². The van der Waals surface area contributed by atoms with Gasteiger partial charge in [-0.2, -0.15) is 0 Å². The monoisotopic (exact) mass is 325 g/mol. The molecule has 3 rings (SSSR count). The number of likely N-dealkylation sites (tertiary alicyclic amines) is 1. The van der Waals surface area contributed by atoms with Gasteiger partial charge in [0.15, 0.2) is 0 Å². The van der Waals surface area contributed by atoms with Crippen LogP contribution in [0, 0.1) is 5.82 Å². The second kappa shape index (κ2) is 7.26. The second-order valence-corrected chi connectivity index (χ2v) is 6.86. The Labute approximate surface area is 137 Å². The number of nitrogens with zero attached hydrogens (tertiary/aromatic N) is 2. The summed E-state index contributed by atoms with van der Waals surface area (Å²) in [7, 11) is 0. The van der Waals surface area contributed by atoms with Crippen molar-refractivity contribution in [1.29, 1.82) is 0 Å². The van der Waals surface area contributed by atoms with Crippen LogP contribution in [0.1, 0.15) is 31.4 Å². The predicted octanol–water partition coefficient (Wildman–Crippen LogP) is 2.91. The van der Waals surface area contributed by atoms with Crippen molar-refractivity contribution < 1.29 is 4.39 Å². The van der Waals surface area contributed by atoms with Crippen LogP contribution >= 0.6 is 11.6 Å². The average molecular weight is 326 g/mol. The average Bonchev–Trinajstić information content (AvgIpc) is 3.00. The first kappa shape index (κ1) is 16.2. The summed E-state index contributed by atoms with van der Waals surface area (Å²) in [6.45, 7) is 8.13. The van der Waals surface area contributed by atoms with Crippen molar-refractivity contribution in [1.82, 2.24) is 15.1 Å². The summed E-state index contributed by atoms with van der Waals surface area (Å²) in [5.74, 6) is -0.178. The molecule has 0 amide bonds. The number of benzene rings is 1. The van der Waals surface area contributed by atoms with Crippen molar-refractivity contribution in [2.24, 2.45) is 0 Å². The molecule has 2 unspecified atom stereocenters. The van der Waals surface area contributed by atoms with Gasteiger partial charge in [-0.3, -0.25) is 4.90 Å². The molecule has 2 heterocycles. The van der Waals surface area contributed by atoms with Gasteiger partial charge in [-0.15, -0.1) is 0 Å². The lowest BCUT2D eigenvalue weighted by Crippen LogP contribution is -2.53. The van der Waals surface area contributed by atoms with Gasteiger partial charge in [-0.25, -0.2) is 4.39 Å². The van der Waals surface area contributed by atoms with E-state index >= 15 is 0 Å². The van der Waals surface area contributed by atoms with Crippen molar-refractivity contribution in [3.05, 3.63) is 34.6 Å². The first-order chi connectivity index (χ1) is 10.7. The highest BCUT2D eigenvalue weighted by Crippen LogP contribution is 2.33. The van der Waals surface area contributed by atoms with Gasteiger partial charge in [0.1, 0.15) is 5.82 Å². The first-order valence-electron chi connectivity index (χ1n) is 8.29. The lowest BCUT2D eigenvalue weighted by atomic mass is 10.0. The van der Waals surface area contributed by atoms with Crippen molar-refractivity contribution in [2.45, 2.75) is 31.8 Å². The van der Waals surface area contributed by atoms with Crippen LogP contribution in [0.5, 0.6) is 0 Å². The van der Waals surface area contributed by atoms with Gasteiger partial charge < -0.3 is 10.2 Å². The Bertz CT molecular complexity index is 484. The van der Waals surface area contributed by atoms with Crippen LogP contribution < -0.4 is 5.32 Å². The fraction of sp³-hybridized carbons (Fsp3) is 0.647. The second-order valence-electron chi connectivity index (χ2n) is 6.45. The number of rotatable bonds is 4. The summed E-state index contributed by atoms with van der Waals surface area (Å²) in [6.07, 6.45) is 2.49. The quantitative estimate of drug-likeness (QED) is 0.918. The Morgan fingerprint density at radius 2 is 2.09 bits per heavy atom. The molecule has 2 aliphatic heterocycles. The van der Waals surface area contributed by atoms with Crippen molar-refractivity contribution in [3.8, 4) is 0 Å². The lowest BCUT2D eigenvalue weighted by molar-refractivity contribution is 0.0887. The number of halogens is 2. The van der Waals surface area contributed by atoms with Gasteiger partial charge in [0, 0.05) is 42.8 Å². The van der Waals surface area contributed by atoms with Gasteiger partial charge >= 0.3 is 0 Å². The SMILES string of the molecule is CC1CNCCN1C(CN1CCCC1)c1c(F)cccc1Cl. The standard InChI is InChI=1S/C17H25ClFN3/c1-13-11-20-7-10-22(13)16(12-21-8-2-3-9-21)17-14(18)5-4-6-15(17)19/h4-6,13,16,20H,2-3,7-12H2,1H3. The fourth-order valence-corrected chi connectivity index (χ4v) is 4.01. The number of hydrogen-bond donors (Lipinski definition) is 1. The highest BCUT2D eigenvalue weighted by molar-refractivity contribution is 6.31. The van der Waals surface area contributed by atoms with Crippen LogP contribution in [0.15, 0.2) is 18.2 Å². The minimum absolute atomic E-state index is 0.0314. The van der Waals surface area contributed by atoms with Gasteiger partial charge in [-0.1, -0.05) is 17.7 Å². The van der Waals surface area contributed by atoms with Crippen LogP contribution in [-0.4, -0.2) is 55.1 Å². The zero-order valence-electron chi connectivity index (χ0n) is 13.2. The maximum Gasteiger partial charge on any atom is 0.129 e. The summed E-state index contributed by atoms with van der Waals surface area (Å²) in [5.41, 5.74) is 0.671. The highest BCUT2D eigenvalue weighted by Gasteiger charge is 2.32. The third kappa shape index (κ3) is 3.46. The maximum atomic E-state index is 14.5. The molecule has 0 aliphatic carbocycles. The molecule has 122 valence electrons. The van der Waals surface area contributed by atoms with Gasteiger partial charge in [0.2, 0.25) is 0 Å². The minimum atomic E-state index is -0.178. The Morgan fingerprint density at radius 1 is 1.32 bits per heavy atom. The zero-order valence-corrected chi connectivity index (χ0v) is 13.9. The smallest absolute Gasteiger partial charge is 0.129 e. The number of piperazine rings is 1. The van der Waals surface area contributed by atoms with E-state index in [1.54, 1.807) is 6.07 Å². The molecule has 2 atom stereocenters. The van der Waals surface area contributed by atoms with Crippen LogP contribution in [0.25, 0.3) is 0 Å².